The van der Waals surface area contributed by atoms with E-state index in [1.807, 2.05) is 0 Å². The molecule has 178 valence electrons. The van der Waals surface area contributed by atoms with Crippen molar-refractivity contribution in [1.82, 2.24) is 9.97 Å². The number of aliphatic hydroxyl groups excluding tert-OH is 1. The highest BCUT2D eigenvalue weighted by atomic mass is 19.1. The Hall–Kier alpha value is -2.62. The molecule has 9 heteroatoms. The topological polar surface area (TPSA) is 89.3 Å². The molecule has 2 fully saturated rings. The molecule has 0 spiro atoms. The van der Waals surface area contributed by atoms with Crippen molar-refractivity contribution in [2.24, 2.45) is 5.16 Å². The summed E-state index contributed by atoms with van der Waals surface area (Å²) in [4.78, 5) is 16.4. The van der Waals surface area contributed by atoms with Gasteiger partial charge in [-0.1, -0.05) is 23.4 Å². The maximum atomic E-state index is 14.4. The Morgan fingerprint density at radius 2 is 1.97 bits per heavy atom. The van der Waals surface area contributed by atoms with Gasteiger partial charge < -0.3 is 24.3 Å². The molecule has 8 nitrogen and oxygen atoms in total. The van der Waals surface area contributed by atoms with Crippen molar-refractivity contribution < 1.29 is 23.8 Å². The molecule has 0 bridgehead atoms. The molecule has 0 aliphatic carbocycles. The molecule has 1 aromatic carbocycles. The summed E-state index contributed by atoms with van der Waals surface area (Å²) in [5, 5.41) is 13.5. The van der Waals surface area contributed by atoms with Gasteiger partial charge in [-0.05, 0) is 19.3 Å². The fourth-order valence-corrected chi connectivity index (χ4v) is 3.92. The van der Waals surface area contributed by atoms with Crippen molar-refractivity contribution in [2.45, 2.75) is 51.4 Å². The van der Waals surface area contributed by atoms with Crippen molar-refractivity contribution >= 4 is 11.7 Å². The lowest BCUT2D eigenvalue weighted by Crippen LogP contribution is -2.35. The highest BCUT2D eigenvalue weighted by Gasteiger charge is 2.19. The number of aromatic nitrogens is 2. The van der Waals surface area contributed by atoms with Crippen molar-refractivity contribution in [3.8, 4) is 11.1 Å². The molecule has 1 atom stereocenters. The Morgan fingerprint density at radius 3 is 2.70 bits per heavy atom. The van der Waals surface area contributed by atoms with E-state index < -0.39 is 5.82 Å². The highest BCUT2D eigenvalue weighted by molar-refractivity contribution is 5.86. The van der Waals surface area contributed by atoms with E-state index in [-0.39, 0.29) is 18.5 Å². The van der Waals surface area contributed by atoms with Crippen molar-refractivity contribution in [2.75, 3.05) is 37.8 Å². The number of halogens is 1. The zero-order chi connectivity index (χ0) is 22.9. The van der Waals surface area contributed by atoms with Crippen LogP contribution in [0.3, 0.4) is 0 Å². The second-order valence-electron chi connectivity index (χ2n) is 8.21. The van der Waals surface area contributed by atoms with E-state index in [1.54, 1.807) is 30.6 Å². The normalized spacial score (nSPS) is 18.9. The van der Waals surface area contributed by atoms with E-state index >= 15 is 0 Å². The summed E-state index contributed by atoms with van der Waals surface area (Å²) >= 11 is 0. The Labute approximate surface area is 193 Å². The van der Waals surface area contributed by atoms with Gasteiger partial charge in [-0.15, -0.1) is 0 Å². The summed E-state index contributed by atoms with van der Waals surface area (Å²) in [5.74, 6) is 0.170. The summed E-state index contributed by atoms with van der Waals surface area (Å²) < 4.78 is 25.7. The lowest BCUT2D eigenvalue weighted by molar-refractivity contribution is -0.164. The number of ether oxygens (including phenoxy) is 2. The van der Waals surface area contributed by atoms with Crippen LogP contribution < -0.4 is 4.90 Å². The molecule has 1 N–H and O–H groups in total. The SMILES string of the molecule is OCc1cccc(-c2cnc(N3CCC(=NOCCCOC4CCCCO4)CC3)nc2)c1F. The molecule has 1 unspecified atom stereocenters. The Morgan fingerprint density at radius 1 is 1.15 bits per heavy atom. The van der Waals surface area contributed by atoms with Crippen molar-refractivity contribution in [3.63, 3.8) is 0 Å². The van der Waals surface area contributed by atoms with E-state index in [0.717, 1.165) is 63.9 Å². The average molecular weight is 459 g/mol. The maximum Gasteiger partial charge on any atom is 0.225 e. The lowest BCUT2D eigenvalue weighted by atomic mass is 10.1. The third-order valence-electron chi connectivity index (χ3n) is 5.84. The van der Waals surface area contributed by atoms with Crippen LogP contribution in [0.25, 0.3) is 11.1 Å². The fourth-order valence-electron chi connectivity index (χ4n) is 3.92. The first-order valence-corrected chi connectivity index (χ1v) is 11.6. The first kappa shape index (κ1) is 23.5. The van der Waals surface area contributed by atoms with Gasteiger partial charge in [-0.2, -0.15) is 0 Å². The molecular formula is C24H31FN4O4. The smallest absolute Gasteiger partial charge is 0.225 e. The fraction of sp³-hybridized carbons (Fsp3) is 0.542. The molecule has 33 heavy (non-hydrogen) atoms. The van der Waals surface area contributed by atoms with Crippen LogP contribution >= 0.6 is 0 Å². The van der Waals surface area contributed by atoms with Crippen LogP contribution in [0, 0.1) is 5.82 Å². The molecule has 2 aliphatic heterocycles. The van der Waals surface area contributed by atoms with Gasteiger partial charge in [0, 0.05) is 68.0 Å². The standard InChI is InChI=1S/C24H31FN4O4/c25-23-18(17-30)5-3-6-21(23)19-15-26-24(27-16-19)29-10-8-20(9-11-29)28-33-14-4-13-32-22-7-1-2-12-31-22/h3,5-6,15-16,22,30H,1-2,4,7-14,17H2. The van der Waals surface area contributed by atoms with E-state index in [1.165, 1.54) is 0 Å². The van der Waals surface area contributed by atoms with Gasteiger partial charge in [0.25, 0.3) is 0 Å². The summed E-state index contributed by atoms with van der Waals surface area (Å²) in [6, 6.07) is 4.93. The van der Waals surface area contributed by atoms with E-state index in [9.17, 15) is 9.50 Å². The van der Waals surface area contributed by atoms with Crippen LogP contribution in [0.1, 0.15) is 44.1 Å². The molecule has 0 saturated carbocycles. The molecular weight excluding hydrogens is 427 g/mol. The predicted octanol–water partition coefficient (Wildman–Crippen LogP) is 3.68. The Bertz CT molecular complexity index is 909. The predicted molar refractivity (Wildman–Crippen MR) is 122 cm³/mol. The van der Waals surface area contributed by atoms with Gasteiger partial charge in [-0.3, -0.25) is 0 Å². The van der Waals surface area contributed by atoms with Crippen LogP contribution in [-0.2, 0) is 20.9 Å². The number of benzene rings is 1. The minimum atomic E-state index is -0.441. The van der Waals surface area contributed by atoms with Crippen LogP contribution in [-0.4, -0.2) is 60.0 Å². The summed E-state index contributed by atoms with van der Waals surface area (Å²) in [5.41, 5.74) is 2.25. The number of piperidine rings is 1. The van der Waals surface area contributed by atoms with Crippen LogP contribution in [0.4, 0.5) is 10.3 Å². The van der Waals surface area contributed by atoms with E-state index in [0.29, 0.717) is 30.3 Å². The first-order chi connectivity index (χ1) is 16.2. The quantitative estimate of drug-likeness (QED) is 0.453. The number of anilines is 1. The van der Waals surface area contributed by atoms with Gasteiger partial charge in [-0.25, -0.2) is 14.4 Å². The van der Waals surface area contributed by atoms with Gasteiger partial charge in [0.05, 0.1) is 18.9 Å². The number of nitrogens with zero attached hydrogens (tertiary/aromatic N) is 4. The lowest BCUT2D eigenvalue weighted by Gasteiger charge is -2.27. The Balaban J connectivity index is 1.19. The maximum absolute atomic E-state index is 14.4. The second kappa shape index (κ2) is 12.0. The molecule has 4 rings (SSSR count). The first-order valence-electron chi connectivity index (χ1n) is 11.6. The van der Waals surface area contributed by atoms with Gasteiger partial charge in [0.15, 0.2) is 6.29 Å². The monoisotopic (exact) mass is 458 g/mol. The number of oxime groups is 1. The summed E-state index contributed by atoms with van der Waals surface area (Å²) in [6.07, 6.45) is 8.78. The van der Waals surface area contributed by atoms with Crippen molar-refractivity contribution in [3.05, 3.63) is 42.0 Å². The summed E-state index contributed by atoms with van der Waals surface area (Å²) in [6.45, 7) is 3.08. The number of aliphatic hydroxyl groups is 1. The van der Waals surface area contributed by atoms with Crippen LogP contribution in [0.2, 0.25) is 0 Å². The van der Waals surface area contributed by atoms with Crippen LogP contribution in [0.5, 0.6) is 0 Å². The number of hydrogen-bond donors (Lipinski definition) is 1. The largest absolute Gasteiger partial charge is 0.396 e. The third-order valence-corrected chi connectivity index (χ3v) is 5.84. The molecule has 0 amide bonds. The molecule has 1 aromatic heterocycles. The van der Waals surface area contributed by atoms with Crippen LogP contribution in [0.15, 0.2) is 35.7 Å². The molecule has 2 aliphatic rings. The molecule has 2 aromatic rings. The number of rotatable bonds is 9. The average Bonchev–Trinajstić information content (AvgIpc) is 2.87. The van der Waals surface area contributed by atoms with E-state index in [4.69, 9.17) is 14.3 Å². The molecule has 0 radical (unpaired) electrons. The molecule has 3 heterocycles. The minimum Gasteiger partial charge on any atom is -0.396 e. The highest BCUT2D eigenvalue weighted by Crippen LogP contribution is 2.25. The summed E-state index contributed by atoms with van der Waals surface area (Å²) in [7, 11) is 0. The van der Waals surface area contributed by atoms with Gasteiger partial charge in [0.1, 0.15) is 12.4 Å². The van der Waals surface area contributed by atoms with Crippen molar-refractivity contribution in [1.29, 1.82) is 0 Å². The zero-order valence-corrected chi connectivity index (χ0v) is 18.8. The minimum absolute atomic E-state index is 0.0598. The zero-order valence-electron chi connectivity index (χ0n) is 18.8. The molecule has 2 saturated heterocycles. The van der Waals surface area contributed by atoms with E-state index in [2.05, 4.69) is 20.0 Å². The third kappa shape index (κ3) is 6.46. The van der Waals surface area contributed by atoms with Gasteiger partial charge in [0.2, 0.25) is 5.95 Å². The number of hydrogen-bond acceptors (Lipinski definition) is 8. The van der Waals surface area contributed by atoms with Gasteiger partial charge >= 0.3 is 0 Å². The second-order valence-corrected chi connectivity index (χ2v) is 8.21. The Kier molecular flexibility index (Phi) is 8.57.